The van der Waals surface area contributed by atoms with Crippen LogP contribution in [0.25, 0.3) is 0 Å². The molecule has 1 aliphatic heterocycles. The van der Waals surface area contributed by atoms with Gasteiger partial charge < -0.3 is 29.4 Å². The number of hydrogen-bond donors (Lipinski definition) is 6. The Hall–Kier alpha value is -1.43. The van der Waals surface area contributed by atoms with E-state index < -0.39 is 59.8 Å². The molecule has 6 N–H and O–H groups in total. The summed E-state index contributed by atoms with van der Waals surface area (Å²) in [5.41, 5.74) is -1.67. The number of rotatable bonds is 8. The average molecular weight is 506 g/mol. The SMILES string of the molecule is CC#Cc1cn([C@H]2C[C@H](O)[C@@H](COP(=O)(O)OP(=O)(O)OP(=O)(O)O)O2)c(=O)[nH]c1=O. The summed E-state index contributed by atoms with van der Waals surface area (Å²) in [6, 6.07) is 0. The highest BCUT2D eigenvalue weighted by Gasteiger charge is 2.43. The standard InChI is InChI=1S/C12H17N2O14P3/c1-2-3-7-5-14(12(17)13-11(7)16)10-4-8(15)9(26-10)6-25-30(21,22)28-31(23,24)27-29(18,19)20/h5,8-10,15H,4,6H2,1H3,(H,21,22)(H,23,24)(H,13,16,17)(H2,18,19,20)/t8-,9+,10+/m0/s1. The zero-order valence-corrected chi connectivity index (χ0v) is 18.1. The molecule has 0 saturated carbocycles. The summed E-state index contributed by atoms with van der Waals surface area (Å²) in [6.45, 7) is 0.560. The summed E-state index contributed by atoms with van der Waals surface area (Å²) < 4.78 is 51.4. The maximum absolute atomic E-state index is 12.0. The predicted octanol–water partition coefficient (Wildman–Crippen LogP) is -1.10. The molecule has 2 unspecified atom stereocenters. The summed E-state index contributed by atoms with van der Waals surface area (Å²) in [6.07, 6.45) is -2.94. The van der Waals surface area contributed by atoms with Crippen LogP contribution in [0.15, 0.2) is 15.8 Å². The zero-order valence-electron chi connectivity index (χ0n) is 15.4. The number of phosphoric acid groups is 3. The first-order valence-corrected chi connectivity index (χ1v) is 12.5. The number of nitrogens with zero attached hydrogens (tertiary/aromatic N) is 1. The van der Waals surface area contributed by atoms with Crippen LogP contribution in [-0.4, -0.2) is 53.0 Å². The second-order valence-electron chi connectivity index (χ2n) is 5.90. The third-order valence-electron chi connectivity index (χ3n) is 3.56. The van der Waals surface area contributed by atoms with E-state index in [1.807, 2.05) is 4.98 Å². The van der Waals surface area contributed by atoms with Crippen LogP contribution in [0.1, 0.15) is 25.1 Å². The van der Waals surface area contributed by atoms with Crippen LogP contribution < -0.4 is 11.2 Å². The van der Waals surface area contributed by atoms with Gasteiger partial charge in [-0.1, -0.05) is 5.92 Å². The van der Waals surface area contributed by atoms with Gasteiger partial charge in [0.2, 0.25) is 0 Å². The Labute approximate surface area is 172 Å². The van der Waals surface area contributed by atoms with E-state index in [-0.39, 0.29) is 12.0 Å². The van der Waals surface area contributed by atoms with E-state index in [1.165, 1.54) is 6.92 Å². The van der Waals surface area contributed by atoms with Gasteiger partial charge in [-0.15, -0.1) is 5.92 Å². The molecule has 1 aromatic rings. The molecule has 0 amide bonds. The number of phosphoric ester groups is 1. The zero-order chi connectivity index (χ0) is 23.6. The lowest BCUT2D eigenvalue weighted by Gasteiger charge is -2.19. The van der Waals surface area contributed by atoms with E-state index in [0.29, 0.717) is 0 Å². The highest BCUT2D eigenvalue weighted by atomic mass is 31.3. The molecule has 2 rings (SSSR count). The van der Waals surface area contributed by atoms with Gasteiger partial charge in [-0.05, 0) is 6.92 Å². The van der Waals surface area contributed by atoms with E-state index >= 15 is 0 Å². The number of aliphatic hydroxyl groups excluding tert-OH is 1. The Morgan fingerprint density at radius 2 is 1.84 bits per heavy atom. The fourth-order valence-corrected chi connectivity index (χ4v) is 5.46. The van der Waals surface area contributed by atoms with E-state index in [0.717, 1.165) is 10.8 Å². The van der Waals surface area contributed by atoms with Crippen LogP contribution in [0.3, 0.4) is 0 Å². The summed E-state index contributed by atoms with van der Waals surface area (Å²) in [7, 11) is -16.6. The molecule has 1 saturated heterocycles. The van der Waals surface area contributed by atoms with Crippen LogP contribution in [0.4, 0.5) is 0 Å². The van der Waals surface area contributed by atoms with Crippen molar-refractivity contribution in [2.75, 3.05) is 6.61 Å². The van der Waals surface area contributed by atoms with Crippen molar-refractivity contribution in [3.63, 3.8) is 0 Å². The maximum Gasteiger partial charge on any atom is 0.490 e. The molecule has 5 atom stereocenters. The van der Waals surface area contributed by atoms with Crippen LogP contribution in [0, 0.1) is 11.8 Å². The van der Waals surface area contributed by atoms with Gasteiger partial charge >= 0.3 is 29.2 Å². The number of aromatic amines is 1. The Morgan fingerprint density at radius 3 is 2.42 bits per heavy atom. The molecular weight excluding hydrogens is 489 g/mol. The molecule has 2 heterocycles. The van der Waals surface area contributed by atoms with Crippen molar-refractivity contribution in [2.45, 2.75) is 31.8 Å². The number of H-pyrrole nitrogens is 1. The molecular formula is C12H17N2O14P3. The largest absolute Gasteiger partial charge is 0.490 e. The third-order valence-corrected chi connectivity index (χ3v) is 7.36. The molecule has 16 nitrogen and oxygen atoms in total. The van der Waals surface area contributed by atoms with Gasteiger partial charge in [-0.25, -0.2) is 18.5 Å². The molecule has 0 aliphatic carbocycles. The first-order chi connectivity index (χ1) is 14.1. The first kappa shape index (κ1) is 25.8. The van der Waals surface area contributed by atoms with Crippen LogP contribution >= 0.6 is 23.5 Å². The normalized spacial score (nSPS) is 25.3. The number of nitrogens with one attached hydrogen (secondary N) is 1. The van der Waals surface area contributed by atoms with Gasteiger partial charge in [0, 0.05) is 12.6 Å². The summed E-state index contributed by atoms with van der Waals surface area (Å²) >= 11 is 0. The van der Waals surface area contributed by atoms with Gasteiger partial charge in [0.25, 0.3) is 5.56 Å². The molecule has 174 valence electrons. The molecule has 0 spiro atoms. The lowest BCUT2D eigenvalue weighted by atomic mass is 10.2. The summed E-state index contributed by atoms with van der Waals surface area (Å²) in [4.78, 5) is 61.2. The first-order valence-electron chi connectivity index (χ1n) is 8.02. The summed E-state index contributed by atoms with van der Waals surface area (Å²) in [5, 5.41) is 10.1. The van der Waals surface area contributed by atoms with Gasteiger partial charge in [-0.3, -0.25) is 18.9 Å². The lowest BCUT2D eigenvalue weighted by molar-refractivity contribution is -0.0450. The Balaban J connectivity index is 2.08. The number of ether oxygens (including phenoxy) is 1. The van der Waals surface area contributed by atoms with Crippen molar-refractivity contribution in [3.8, 4) is 11.8 Å². The van der Waals surface area contributed by atoms with Gasteiger partial charge in [0.1, 0.15) is 17.9 Å². The topological polar surface area (TPSA) is 244 Å². The van der Waals surface area contributed by atoms with Gasteiger partial charge in [0.15, 0.2) is 0 Å². The minimum atomic E-state index is -5.69. The molecule has 31 heavy (non-hydrogen) atoms. The van der Waals surface area contributed by atoms with Crippen molar-refractivity contribution < 1.29 is 56.3 Å². The quantitative estimate of drug-likeness (QED) is 0.181. The monoisotopic (exact) mass is 506 g/mol. The Bertz CT molecular complexity index is 1140. The molecule has 0 radical (unpaired) electrons. The van der Waals surface area contributed by atoms with Crippen molar-refractivity contribution in [1.82, 2.24) is 9.55 Å². The second kappa shape index (κ2) is 9.60. The third kappa shape index (κ3) is 7.58. The maximum atomic E-state index is 12.0. The number of aliphatic hydroxyl groups is 1. The van der Waals surface area contributed by atoms with E-state index in [4.69, 9.17) is 19.4 Å². The predicted molar refractivity (Wildman–Crippen MR) is 98.2 cm³/mol. The van der Waals surface area contributed by atoms with E-state index in [9.17, 15) is 33.3 Å². The molecule has 0 bridgehead atoms. The minimum Gasteiger partial charge on any atom is -0.390 e. The highest BCUT2D eigenvalue weighted by molar-refractivity contribution is 7.66. The van der Waals surface area contributed by atoms with Crippen molar-refractivity contribution in [3.05, 3.63) is 32.6 Å². The van der Waals surface area contributed by atoms with Crippen LogP contribution in [0.5, 0.6) is 0 Å². The van der Waals surface area contributed by atoms with E-state index in [2.05, 4.69) is 25.0 Å². The van der Waals surface area contributed by atoms with Crippen molar-refractivity contribution in [2.24, 2.45) is 0 Å². The highest BCUT2D eigenvalue weighted by Crippen LogP contribution is 2.66. The fourth-order valence-electron chi connectivity index (χ4n) is 2.43. The summed E-state index contributed by atoms with van der Waals surface area (Å²) in [5.74, 6) is 4.95. The number of hydrogen-bond acceptors (Lipinski definition) is 10. The lowest BCUT2D eigenvalue weighted by Crippen LogP contribution is -2.33. The van der Waals surface area contributed by atoms with Gasteiger partial charge in [-0.2, -0.15) is 8.62 Å². The molecule has 0 aromatic carbocycles. The fraction of sp³-hybridized carbons (Fsp3) is 0.500. The van der Waals surface area contributed by atoms with Crippen LogP contribution in [0.2, 0.25) is 0 Å². The molecule has 1 aromatic heterocycles. The van der Waals surface area contributed by atoms with E-state index in [1.54, 1.807) is 0 Å². The number of aromatic nitrogens is 2. The van der Waals surface area contributed by atoms with Crippen molar-refractivity contribution >= 4 is 23.5 Å². The minimum absolute atomic E-state index is 0.0584. The van der Waals surface area contributed by atoms with Crippen molar-refractivity contribution in [1.29, 1.82) is 0 Å². The average Bonchev–Trinajstić information content (AvgIpc) is 2.93. The van der Waals surface area contributed by atoms with Crippen LogP contribution in [-0.2, 0) is 31.6 Å². The Kier molecular flexibility index (Phi) is 8.00. The molecule has 19 heteroatoms. The van der Waals surface area contributed by atoms with Gasteiger partial charge in [0.05, 0.1) is 12.7 Å². The smallest absolute Gasteiger partial charge is 0.390 e. The molecule has 1 aliphatic rings. The second-order valence-corrected chi connectivity index (χ2v) is 10.3. The molecule has 1 fully saturated rings. The Morgan fingerprint density at radius 1 is 1.19 bits per heavy atom.